The van der Waals surface area contributed by atoms with Crippen molar-refractivity contribution in [3.05, 3.63) is 101 Å². The number of anilines is 2. The van der Waals surface area contributed by atoms with Crippen LogP contribution in [0, 0.1) is 5.82 Å². The first kappa shape index (κ1) is 49.3. The molecule has 0 spiro atoms. The molecule has 3 saturated heterocycles. The number of rotatable bonds is 19. The highest BCUT2D eigenvalue weighted by atomic mass is 35.5. The summed E-state index contributed by atoms with van der Waals surface area (Å²) in [6, 6.07) is 22.7. The van der Waals surface area contributed by atoms with Gasteiger partial charge in [0.2, 0.25) is 5.91 Å². The first-order valence-electron chi connectivity index (χ1n) is 23.7. The number of nitrogens with zero attached hydrogens (tertiary/aromatic N) is 8. The average Bonchev–Trinajstić information content (AvgIpc) is 4.09. The van der Waals surface area contributed by atoms with Crippen LogP contribution < -0.4 is 24.0 Å². The van der Waals surface area contributed by atoms with Gasteiger partial charge in [0.25, 0.3) is 0 Å². The van der Waals surface area contributed by atoms with Crippen molar-refractivity contribution < 1.29 is 41.4 Å². The summed E-state index contributed by atoms with van der Waals surface area (Å²) in [5.74, 6) is 1.21. The second-order valence-corrected chi connectivity index (χ2v) is 20.6. The fourth-order valence-electron chi connectivity index (χ4n) is 10.1. The van der Waals surface area contributed by atoms with Crippen LogP contribution in [-0.2, 0) is 31.5 Å². The first-order valence-corrected chi connectivity index (χ1v) is 25.8. The van der Waals surface area contributed by atoms with Crippen molar-refractivity contribution in [2.45, 2.75) is 70.4 Å². The molecule has 3 aromatic heterocycles. The molecular formula is C51H58ClF2N8O7P. The Bertz CT molecular complexity index is 2850. The van der Waals surface area contributed by atoms with Gasteiger partial charge in [0.1, 0.15) is 59.0 Å². The predicted octanol–water partition coefficient (Wildman–Crippen LogP) is 9.51. The van der Waals surface area contributed by atoms with Gasteiger partial charge in [0.05, 0.1) is 43.4 Å². The SMILES string of the molecule is CCOP(=O)(CC(=O)N1CC[C@@H](N(C)c2nc(OC[C@@]34CCCN3C[C@H](F)C4)nc3c(F)c(-c4nc(N(Cc5ccc(OC)cc5)Cc5ccc(OC)cc5)cc5cccc(Cl)c45)ncc23)C1)OCC. The molecule has 70 heavy (non-hydrogen) atoms. The van der Waals surface area contributed by atoms with Gasteiger partial charge in [-0.25, -0.2) is 13.8 Å². The third kappa shape index (κ3) is 10.2. The lowest BCUT2D eigenvalue weighted by Crippen LogP contribution is -2.43. The molecule has 370 valence electrons. The van der Waals surface area contributed by atoms with Gasteiger partial charge in [0, 0.05) is 63.8 Å². The molecule has 6 aromatic rings. The summed E-state index contributed by atoms with van der Waals surface area (Å²) >= 11 is 6.99. The number of likely N-dealkylation sites (tertiary alicyclic amines) is 1. The number of alkyl halides is 1. The van der Waals surface area contributed by atoms with Gasteiger partial charge >= 0.3 is 13.6 Å². The Balaban J connectivity index is 1.12. The number of amides is 1. The third-order valence-corrected chi connectivity index (χ3v) is 15.9. The van der Waals surface area contributed by atoms with Crippen LogP contribution in [0.4, 0.5) is 20.4 Å². The zero-order valence-corrected chi connectivity index (χ0v) is 41.7. The van der Waals surface area contributed by atoms with E-state index in [0.717, 1.165) is 47.4 Å². The number of methoxy groups -OCH3 is 2. The Labute approximate surface area is 411 Å². The summed E-state index contributed by atoms with van der Waals surface area (Å²) in [6.45, 7) is 6.42. The molecule has 3 aliphatic rings. The minimum atomic E-state index is -3.64. The number of fused-ring (bicyclic) bond motifs is 3. The van der Waals surface area contributed by atoms with Crippen LogP contribution in [0.3, 0.4) is 0 Å². The average molecular weight is 999 g/mol. The van der Waals surface area contributed by atoms with E-state index >= 15 is 4.39 Å². The number of hydrogen-bond acceptors (Lipinski definition) is 14. The Hall–Kier alpha value is -5.71. The summed E-state index contributed by atoms with van der Waals surface area (Å²) in [4.78, 5) is 40.9. The van der Waals surface area contributed by atoms with Crippen LogP contribution in [0.5, 0.6) is 17.5 Å². The Morgan fingerprint density at radius 2 is 1.60 bits per heavy atom. The molecule has 19 heteroatoms. The van der Waals surface area contributed by atoms with Crippen LogP contribution >= 0.6 is 19.2 Å². The molecule has 15 nitrogen and oxygen atoms in total. The molecule has 0 unspecified atom stereocenters. The van der Waals surface area contributed by atoms with E-state index in [9.17, 15) is 13.8 Å². The number of hydrogen-bond donors (Lipinski definition) is 0. The van der Waals surface area contributed by atoms with Gasteiger partial charge in [0.15, 0.2) is 5.82 Å². The number of carbonyl (C=O) groups is 1. The number of benzene rings is 3. The minimum Gasteiger partial charge on any atom is -0.497 e. The van der Waals surface area contributed by atoms with E-state index in [1.807, 2.05) is 78.7 Å². The molecule has 0 saturated carbocycles. The van der Waals surface area contributed by atoms with E-state index in [-0.39, 0.29) is 67.4 Å². The minimum absolute atomic E-state index is 0.0616. The summed E-state index contributed by atoms with van der Waals surface area (Å²) in [6.07, 6.45) is 2.69. The molecule has 6 heterocycles. The summed E-state index contributed by atoms with van der Waals surface area (Å²) in [5.41, 5.74) is 1.53. The van der Waals surface area contributed by atoms with Crippen molar-refractivity contribution in [2.24, 2.45) is 0 Å². The molecule has 1 amide bonds. The molecule has 0 N–H and O–H groups in total. The van der Waals surface area contributed by atoms with E-state index in [1.165, 1.54) is 6.20 Å². The number of halogens is 3. The van der Waals surface area contributed by atoms with Crippen molar-refractivity contribution in [2.75, 3.05) is 83.2 Å². The Kier molecular flexibility index (Phi) is 14.7. The maximum atomic E-state index is 17.9. The van der Waals surface area contributed by atoms with Crippen LogP contribution in [0.25, 0.3) is 33.1 Å². The second kappa shape index (κ2) is 20.9. The van der Waals surface area contributed by atoms with Crippen LogP contribution in [0.15, 0.2) is 79.0 Å². The number of ether oxygens (including phenoxy) is 3. The summed E-state index contributed by atoms with van der Waals surface area (Å²) in [7, 11) is 1.43. The van der Waals surface area contributed by atoms with Crippen LogP contribution in [0.2, 0.25) is 5.02 Å². The fraction of sp³-hybridized carbons (Fsp3) is 0.431. The quantitative estimate of drug-likeness (QED) is 0.0711. The predicted molar refractivity (Wildman–Crippen MR) is 267 cm³/mol. The van der Waals surface area contributed by atoms with Crippen molar-refractivity contribution >= 4 is 58.4 Å². The van der Waals surface area contributed by atoms with E-state index in [4.69, 9.17) is 54.8 Å². The van der Waals surface area contributed by atoms with Gasteiger partial charge in [-0.2, -0.15) is 9.97 Å². The number of aromatic nitrogens is 4. The van der Waals surface area contributed by atoms with E-state index in [0.29, 0.717) is 66.5 Å². The number of pyridine rings is 2. The van der Waals surface area contributed by atoms with Gasteiger partial charge in [-0.1, -0.05) is 48.0 Å². The monoisotopic (exact) mass is 998 g/mol. The van der Waals surface area contributed by atoms with Crippen LogP contribution in [-0.4, -0.2) is 127 Å². The highest BCUT2D eigenvalue weighted by molar-refractivity contribution is 7.54. The van der Waals surface area contributed by atoms with Crippen LogP contribution in [0.1, 0.15) is 50.7 Å². The fourth-order valence-corrected chi connectivity index (χ4v) is 12.0. The van der Waals surface area contributed by atoms with Crippen molar-refractivity contribution in [3.8, 4) is 28.9 Å². The maximum Gasteiger partial charge on any atom is 0.340 e. The van der Waals surface area contributed by atoms with E-state index in [2.05, 4.69) is 9.80 Å². The lowest BCUT2D eigenvalue weighted by molar-refractivity contribution is -0.127. The van der Waals surface area contributed by atoms with E-state index < -0.39 is 25.1 Å². The normalized spacial score (nSPS) is 19.2. The van der Waals surface area contributed by atoms with Crippen molar-refractivity contribution in [1.29, 1.82) is 0 Å². The lowest BCUT2D eigenvalue weighted by atomic mass is 9.95. The van der Waals surface area contributed by atoms with Gasteiger partial charge in [-0.15, -0.1) is 0 Å². The van der Waals surface area contributed by atoms with Gasteiger partial charge in [-0.3, -0.25) is 19.2 Å². The second-order valence-electron chi connectivity index (χ2n) is 18.1. The summed E-state index contributed by atoms with van der Waals surface area (Å²) < 4.78 is 74.3. The molecule has 3 fully saturated rings. The first-order chi connectivity index (χ1) is 33.8. The zero-order chi connectivity index (χ0) is 49.2. The third-order valence-electron chi connectivity index (χ3n) is 13.7. The Morgan fingerprint density at radius 3 is 2.26 bits per heavy atom. The van der Waals surface area contributed by atoms with Gasteiger partial charge < -0.3 is 38.0 Å². The standard InChI is InChI=1S/C51H58ClF2N8O7P/c1-6-68-70(64,69-7-2)31-43(63)60-23-20-37(30-60)59(3)49-40-26-55-48(45(54)46(40)57-50(58-49)67-32-51-21-9-22-62(51)29-36(53)25-51)47-44-35(10-8-11-41(44)52)24-42(56-47)61(27-33-12-16-38(65-4)17-13-33)28-34-14-18-39(66-5)19-15-34/h8,10-19,24,26,36-37H,6-7,9,20-23,25,27-32H2,1-5H3/t36-,37-,51+/m1/s1. The molecule has 0 aliphatic carbocycles. The van der Waals surface area contributed by atoms with Gasteiger partial charge in [-0.05, 0) is 92.6 Å². The highest BCUT2D eigenvalue weighted by Crippen LogP contribution is 2.48. The molecule has 3 atom stereocenters. The number of likely N-dealkylation sites (N-methyl/N-ethyl adjacent to an activating group) is 1. The smallest absolute Gasteiger partial charge is 0.340 e. The Morgan fingerprint density at radius 1 is 0.914 bits per heavy atom. The maximum absolute atomic E-state index is 17.9. The zero-order valence-electron chi connectivity index (χ0n) is 40.1. The highest BCUT2D eigenvalue weighted by Gasteiger charge is 2.49. The lowest BCUT2D eigenvalue weighted by Gasteiger charge is -2.31. The molecule has 3 aliphatic heterocycles. The van der Waals surface area contributed by atoms with Crippen molar-refractivity contribution in [1.82, 2.24) is 29.7 Å². The topological polar surface area (TPSA) is 145 Å². The molecule has 9 rings (SSSR count). The summed E-state index contributed by atoms with van der Waals surface area (Å²) in [5, 5.41) is 1.89. The number of carbonyl (C=O) groups excluding carboxylic acids is 1. The molecule has 3 aromatic carbocycles. The van der Waals surface area contributed by atoms with E-state index in [1.54, 1.807) is 39.0 Å². The largest absolute Gasteiger partial charge is 0.497 e. The molecule has 0 bridgehead atoms. The molecule has 0 radical (unpaired) electrons. The molecular weight excluding hydrogens is 941 g/mol. The van der Waals surface area contributed by atoms with Crippen molar-refractivity contribution in [3.63, 3.8) is 0 Å².